The highest BCUT2D eigenvalue weighted by molar-refractivity contribution is 5.77. The highest BCUT2D eigenvalue weighted by Crippen LogP contribution is 2.27. The molecule has 0 radical (unpaired) electrons. The van der Waals surface area contributed by atoms with Gasteiger partial charge in [0.25, 0.3) is 5.91 Å². The van der Waals surface area contributed by atoms with E-state index in [1.54, 1.807) is 31.6 Å². The van der Waals surface area contributed by atoms with Crippen LogP contribution in [0.3, 0.4) is 0 Å². The molecule has 4 rings (SSSR count). The van der Waals surface area contributed by atoms with Gasteiger partial charge in [0.05, 0.1) is 19.3 Å². The molecule has 152 valence electrons. The lowest BCUT2D eigenvalue weighted by molar-refractivity contribution is -0.123. The maximum atomic E-state index is 12.1. The van der Waals surface area contributed by atoms with Crippen molar-refractivity contribution in [1.82, 2.24) is 30.4 Å². The zero-order valence-corrected chi connectivity index (χ0v) is 16.3. The van der Waals surface area contributed by atoms with Crippen LogP contribution in [0, 0.1) is 0 Å². The Kier molecular flexibility index (Phi) is 5.85. The monoisotopic (exact) mass is 396 g/mol. The van der Waals surface area contributed by atoms with Crippen molar-refractivity contribution in [2.45, 2.75) is 18.9 Å². The first-order valence-electron chi connectivity index (χ1n) is 9.67. The van der Waals surface area contributed by atoms with Gasteiger partial charge in [-0.1, -0.05) is 12.1 Å². The van der Waals surface area contributed by atoms with E-state index >= 15 is 0 Å². The number of para-hydroxylation sites is 2. The van der Waals surface area contributed by atoms with Crippen molar-refractivity contribution in [3.63, 3.8) is 0 Å². The summed E-state index contributed by atoms with van der Waals surface area (Å²) >= 11 is 0. The number of hydrogen-bond donors (Lipinski definition) is 2. The number of methoxy groups -OCH3 is 1. The molecule has 0 unspecified atom stereocenters. The highest BCUT2D eigenvalue weighted by atomic mass is 16.5. The molecule has 0 saturated carbocycles. The van der Waals surface area contributed by atoms with E-state index in [1.165, 1.54) is 0 Å². The minimum absolute atomic E-state index is 0.0843. The van der Waals surface area contributed by atoms with Gasteiger partial charge in [-0.3, -0.25) is 4.79 Å². The van der Waals surface area contributed by atoms with Crippen molar-refractivity contribution in [1.29, 1.82) is 0 Å². The summed E-state index contributed by atoms with van der Waals surface area (Å²) in [5.41, 5.74) is 2.56. The molecule has 1 saturated heterocycles. The zero-order valence-electron chi connectivity index (χ0n) is 16.3. The summed E-state index contributed by atoms with van der Waals surface area (Å²) in [5, 5.41) is 11.0. The van der Waals surface area contributed by atoms with Crippen LogP contribution < -0.4 is 20.1 Å². The lowest BCUT2D eigenvalue weighted by Gasteiger charge is -2.10. The Balaban J connectivity index is 1.34. The van der Waals surface area contributed by atoms with E-state index in [0.717, 1.165) is 36.4 Å². The molecule has 1 atom stereocenters. The molecule has 0 bridgehead atoms. The van der Waals surface area contributed by atoms with Crippen LogP contribution in [-0.4, -0.2) is 59.0 Å². The van der Waals surface area contributed by atoms with Gasteiger partial charge in [0.2, 0.25) is 0 Å². The van der Waals surface area contributed by atoms with Gasteiger partial charge in [-0.2, -0.15) is 5.10 Å². The number of nitrogens with zero attached hydrogens (tertiary/aromatic N) is 4. The van der Waals surface area contributed by atoms with Crippen molar-refractivity contribution < 1.29 is 14.3 Å². The molecule has 0 spiro atoms. The summed E-state index contributed by atoms with van der Waals surface area (Å²) in [5.74, 6) is 1.27. The molecular weight excluding hydrogens is 372 g/mol. The molecule has 1 aliphatic heterocycles. The Morgan fingerprint density at radius 2 is 2.10 bits per heavy atom. The smallest absolute Gasteiger partial charge is 0.258 e. The lowest BCUT2D eigenvalue weighted by atomic mass is 10.0. The fourth-order valence-electron chi connectivity index (χ4n) is 3.48. The van der Waals surface area contributed by atoms with E-state index in [0.29, 0.717) is 30.5 Å². The fraction of sp³-hybridized carbons (Fsp3) is 0.400. The standard InChI is InChI=1S/C20H24N6O3/c1-28-15-4-2-3-5-16(15)29-13-17(27)22-10-11-26-20-19(23-8-9-24-20)18(25-26)14-6-7-21-12-14/h2-5,8-9,14,21H,6-7,10-13H2,1H3,(H,22,27)/t14-/m0/s1. The molecular formula is C20H24N6O3. The number of rotatable bonds is 8. The van der Waals surface area contributed by atoms with Gasteiger partial charge in [0.1, 0.15) is 5.52 Å². The van der Waals surface area contributed by atoms with Crippen LogP contribution in [0.5, 0.6) is 11.5 Å². The van der Waals surface area contributed by atoms with E-state index in [2.05, 4.69) is 20.6 Å². The quantitative estimate of drug-likeness (QED) is 0.588. The van der Waals surface area contributed by atoms with Crippen molar-refractivity contribution in [3.05, 3.63) is 42.4 Å². The third-order valence-corrected chi connectivity index (χ3v) is 4.92. The van der Waals surface area contributed by atoms with E-state index in [9.17, 15) is 4.79 Å². The fourth-order valence-corrected chi connectivity index (χ4v) is 3.48. The number of fused-ring (bicyclic) bond motifs is 1. The largest absolute Gasteiger partial charge is 0.493 e. The Hall–Kier alpha value is -3.20. The Bertz CT molecular complexity index is 983. The van der Waals surface area contributed by atoms with Crippen LogP contribution in [0.1, 0.15) is 18.0 Å². The first kappa shape index (κ1) is 19.1. The molecule has 0 aliphatic carbocycles. The van der Waals surface area contributed by atoms with Gasteiger partial charge < -0.3 is 20.1 Å². The zero-order chi connectivity index (χ0) is 20.1. The summed E-state index contributed by atoms with van der Waals surface area (Å²) in [6.07, 6.45) is 4.40. The van der Waals surface area contributed by atoms with Gasteiger partial charge in [0.15, 0.2) is 23.8 Å². The number of amides is 1. The van der Waals surface area contributed by atoms with Crippen LogP contribution in [0.15, 0.2) is 36.7 Å². The summed E-state index contributed by atoms with van der Waals surface area (Å²) in [6, 6.07) is 7.23. The average molecular weight is 396 g/mol. The molecule has 3 aromatic rings. The van der Waals surface area contributed by atoms with Crippen LogP contribution in [0.25, 0.3) is 11.2 Å². The Labute approximate surface area is 168 Å². The van der Waals surface area contributed by atoms with Gasteiger partial charge in [-0.05, 0) is 25.1 Å². The first-order chi connectivity index (χ1) is 14.3. The molecule has 9 nitrogen and oxygen atoms in total. The highest BCUT2D eigenvalue weighted by Gasteiger charge is 2.24. The summed E-state index contributed by atoms with van der Waals surface area (Å²) in [6.45, 7) is 2.74. The molecule has 1 aliphatic rings. The minimum Gasteiger partial charge on any atom is -0.493 e. The molecule has 29 heavy (non-hydrogen) atoms. The molecule has 1 fully saturated rings. The van der Waals surface area contributed by atoms with Gasteiger partial charge >= 0.3 is 0 Å². The van der Waals surface area contributed by atoms with Crippen molar-refractivity contribution >= 4 is 17.1 Å². The maximum Gasteiger partial charge on any atom is 0.258 e. The third kappa shape index (κ3) is 4.29. The third-order valence-electron chi connectivity index (χ3n) is 4.92. The van der Waals surface area contributed by atoms with E-state index in [-0.39, 0.29) is 12.5 Å². The average Bonchev–Trinajstić information content (AvgIpc) is 3.41. The molecule has 3 heterocycles. The lowest BCUT2D eigenvalue weighted by Crippen LogP contribution is -2.31. The number of benzene rings is 1. The maximum absolute atomic E-state index is 12.1. The predicted molar refractivity (Wildman–Crippen MR) is 107 cm³/mol. The van der Waals surface area contributed by atoms with Crippen LogP contribution >= 0.6 is 0 Å². The van der Waals surface area contributed by atoms with Crippen LogP contribution in [0.2, 0.25) is 0 Å². The van der Waals surface area contributed by atoms with Crippen molar-refractivity contribution in [2.24, 2.45) is 0 Å². The normalized spacial score (nSPS) is 16.1. The SMILES string of the molecule is COc1ccccc1OCC(=O)NCCn1nc([C@H]2CCNC2)c2nccnc21. The molecule has 2 N–H and O–H groups in total. The number of carbonyl (C=O) groups excluding carboxylic acids is 1. The van der Waals surface area contributed by atoms with Crippen molar-refractivity contribution in [2.75, 3.05) is 33.4 Å². The summed E-state index contributed by atoms with van der Waals surface area (Å²) < 4.78 is 12.6. The number of carbonyl (C=O) groups is 1. The number of hydrogen-bond acceptors (Lipinski definition) is 7. The summed E-state index contributed by atoms with van der Waals surface area (Å²) in [7, 11) is 1.56. The van der Waals surface area contributed by atoms with E-state index < -0.39 is 0 Å². The van der Waals surface area contributed by atoms with Crippen LogP contribution in [0.4, 0.5) is 0 Å². The Morgan fingerprint density at radius 3 is 2.90 bits per heavy atom. The first-order valence-corrected chi connectivity index (χ1v) is 9.67. The Morgan fingerprint density at radius 1 is 1.28 bits per heavy atom. The van der Waals surface area contributed by atoms with Gasteiger partial charge in [-0.15, -0.1) is 0 Å². The van der Waals surface area contributed by atoms with Gasteiger partial charge in [0, 0.05) is 31.4 Å². The molecule has 1 aromatic carbocycles. The van der Waals surface area contributed by atoms with Gasteiger partial charge in [-0.25, -0.2) is 14.6 Å². The van der Waals surface area contributed by atoms with E-state index in [4.69, 9.17) is 14.6 Å². The second-order valence-electron chi connectivity index (χ2n) is 6.82. The summed E-state index contributed by atoms with van der Waals surface area (Å²) in [4.78, 5) is 21.0. The molecule has 2 aromatic heterocycles. The number of nitrogens with one attached hydrogen (secondary N) is 2. The van der Waals surface area contributed by atoms with Crippen molar-refractivity contribution in [3.8, 4) is 11.5 Å². The second-order valence-corrected chi connectivity index (χ2v) is 6.82. The predicted octanol–water partition coefficient (Wildman–Crippen LogP) is 1.11. The topological polar surface area (TPSA) is 103 Å². The molecule has 9 heteroatoms. The van der Waals surface area contributed by atoms with Crippen LogP contribution in [-0.2, 0) is 11.3 Å². The number of aromatic nitrogens is 4. The molecule has 1 amide bonds. The minimum atomic E-state index is -0.210. The van der Waals surface area contributed by atoms with E-state index in [1.807, 2.05) is 16.8 Å². The second kappa shape index (κ2) is 8.87. The number of ether oxygens (including phenoxy) is 2.